The van der Waals surface area contributed by atoms with E-state index in [2.05, 4.69) is 28.4 Å². The van der Waals surface area contributed by atoms with E-state index in [1.54, 1.807) is 6.26 Å². The first-order valence-corrected chi connectivity index (χ1v) is 8.46. The SMILES string of the molecule is CCc1nc2cncc(C)c2n1CCCCS(C)=O. The van der Waals surface area contributed by atoms with Gasteiger partial charge in [-0.25, -0.2) is 4.98 Å². The number of pyridine rings is 1. The summed E-state index contributed by atoms with van der Waals surface area (Å²) in [6.07, 6.45) is 8.45. The Hall–Kier alpha value is -1.23. The van der Waals surface area contributed by atoms with Crippen molar-refractivity contribution in [1.29, 1.82) is 0 Å². The fourth-order valence-corrected chi connectivity index (χ4v) is 3.00. The molecule has 0 fully saturated rings. The Morgan fingerprint density at radius 2 is 2.11 bits per heavy atom. The smallest absolute Gasteiger partial charge is 0.109 e. The second kappa shape index (κ2) is 6.28. The summed E-state index contributed by atoms with van der Waals surface area (Å²) in [6, 6.07) is 0. The molecule has 2 rings (SSSR count). The van der Waals surface area contributed by atoms with Crippen LogP contribution in [0, 0.1) is 6.92 Å². The topological polar surface area (TPSA) is 47.8 Å². The molecule has 0 saturated heterocycles. The summed E-state index contributed by atoms with van der Waals surface area (Å²) >= 11 is 0. The second-order valence-corrected chi connectivity index (χ2v) is 6.40. The zero-order valence-corrected chi connectivity index (χ0v) is 12.7. The maximum Gasteiger partial charge on any atom is 0.109 e. The van der Waals surface area contributed by atoms with Gasteiger partial charge in [-0.2, -0.15) is 0 Å². The minimum absolute atomic E-state index is 0.687. The van der Waals surface area contributed by atoms with E-state index < -0.39 is 10.8 Å². The van der Waals surface area contributed by atoms with Crippen LogP contribution in [0.5, 0.6) is 0 Å². The summed E-state index contributed by atoms with van der Waals surface area (Å²) in [4.78, 5) is 8.85. The first-order chi connectivity index (χ1) is 9.13. The van der Waals surface area contributed by atoms with E-state index >= 15 is 0 Å². The van der Waals surface area contributed by atoms with Gasteiger partial charge >= 0.3 is 0 Å². The van der Waals surface area contributed by atoms with Crippen molar-refractivity contribution in [1.82, 2.24) is 14.5 Å². The average molecular weight is 279 g/mol. The van der Waals surface area contributed by atoms with Gasteiger partial charge in [0.25, 0.3) is 0 Å². The van der Waals surface area contributed by atoms with Gasteiger partial charge in [-0.05, 0) is 25.3 Å². The summed E-state index contributed by atoms with van der Waals surface area (Å²) in [6.45, 7) is 5.15. The Morgan fingerprint density at radius 1 is 1.32 bits per heavy atom. The van der Waals surface area contributed by atoms with E-state index in [0.717, 1.165) is 42.9 Å². The predicted molar refractivity (Wildman–Crippen MR) is 79.8 cm³/mol. The summed E-state index contributed by atoms with van der Waals surface area (Å²) < 4.78 is 13.4. The highest BCUT2D eigenvalue weighted by molar-refractivity contribution is 7.84. The molecule has 0 amide bonds. The summed E-state index contributed by atoms with van der Waals surface area (Å²) in [7, 11) is -0.687. The highest BCUT2D eigenvalue weighted by Gasteiger charge is 2.11. The van der Waals surface area contributed by atoms with Gasteiger partial charge in [-0.3, -0.25) is 9.19 Å². The van der Waals surface area contributed by atoms with Crippen LogP contribution in [0.4, 0.5) is 0 Å². The summed E-state index contributed by atoms with van der Waals surface area (Å²) in [5, 5.41) is 0. The molecule has 1 atom stereocenters. The van der Waals surface area contributed by atoms with E-state index in [4.69, 9.17) is 0 Å². The standard InChI is InChI=1S/C14H21N3OS/c1-4-13-16-12-10-15-9-11(2)14(12)17(13)7-5-6-8-19(3)18/h9-10H,4-8H2,1-3H3. The van der Waals surface area contributed by atoms with Crippen LogP contribution < -0.4 is 0 Å². The maximum atomic E-state index is 11.1. The number of hydrogen-bond donors (Lipinski definition) is 0. The van der Waals surface area contributed by atoms with E-state index in [9.17, 15) is 4.21 Å². The zero-order valence-electron chi connectivity index (χ0n) is 11.8. The number of rotatable bonds is 6. The number of imidazole rings is 1. The quantitative estimate of drug-likeness (QED) is 0.763. The molecule has 2 heterocycles. The van der Waals surface area contributed by atoms with Gasteiger partial charge in [0.2, 0.25) is 0 Å². The number of aromatic nitrogens is 3. The Bertz CT molecular complexity index is 592. The third-order valence-electron chi connectivity index (χ3n) is 3.29. The molecule has 0 aliphatic rings. The Kier molecular flexibility index (Phi) is 4.69. The highest BCUT2D eigenvalue weighted by Crippen LogP contribution is 2.20. The summed E-state index contributed by atoms with van der Waals surface area (Å²) in [5.74, 6) is 1.90. The van der Waals surface area contributed by atoms with Crippen molar-refractivity contribution in [2.75, 3.05) is 12.0 Å². The molecule has 2 aromatic rings. The number of unbranched alkanes of at least 4 members (excludes halogenated alkanes) is 1. The molecule has 5 heteroatoms. The number of nitrogens with zero attached hydrogens (tertiary/aromatic N) is 3. The molecule has 0 saturated carbocycles. The molecule has 0 aromatic carbocycles. The number of fused-ring (bicyclic) bond motifs is 1. The average Bonchev–Trinajstić information content (AvgIpc) is 2.74. The van der Waals surface area contributed by atoms with E-state index in [1.807, 2.05) is 12.4 Å². The Labute approximate surface area is 116 Å². The van der Waals surface area contributed by atoms with Gasteiger partial charge < -0.3 is 4.57 Å². The fraction of sp³-hybridized carbons (Fsp3) is 0.571. The van der Waals surface area contributed by atoms with Crippen molar-refractivity contribution in [3.05, 3.63) is 23.8 Å². The molecule has 0 radical (unpaired) electrons. The Morgan fingerprint density at radius 3 is 2.79 bits per heavy atom. The molecule has 0 spiro atoms. The minimum Gasteiger partial charge on any atom is -0.328 e. The molecule has 0 N–H and O–H groups in total. The molecular weight excluding hydrogens is 258 g/mol. The lowest BCUT2D eigenvalue weighted by Gasteiger charge is -2.09. The van der Waals surface area contributed by atoms with Crippen LogP contribution in [-0.2, 0) is 23.8 Å². The van der Waals surface area contributed by atoms with Crippen molar-refractivity contribution < 1.29 is 4.21 Å². The van der Waals surface area contributed by atoms with Crippen LogP contribution in [0.15, 0.2) is 12.4 Å². The second-order valence-electron chi connectivity index (χ2n) is 4.84. The third kappa shape index (κ3) is 3.21. The lowest BCUT2D eigenvalue weighted by atomic mass is 10.2. The number of aryl methyl sites for hydroxylation is 3. The van der Waals surface area contributed by atoms with Crippen molar-refractivity contribution in [3.8, 4) is 0 Å². The normalized spacial score (nSPS) is 13.0. The van der Waals surface area contributed by atoms with Gasteiger partial charge in [0.15, 0.2) is 0 Å². The van der Waals surface area contributed by atoms with Crippen molar-refractivity contribution in [2.24, 2.45) is 0 Å². The highest BCUT2D eigenvalue weighted by atomic mass is 32.2. The zero-order chi connectivity index (χ0) is 13.8. The van der Waals surface area contributed by atoms with Gasteiger partial charge in [0.05, 0.1) is 11.7 Å². The van der Waals surface area contributed by atoms with Gasteiger partial charge in [-0.1, -0.05) is 6.92 Å². The molecule has 19 heavy (non-hydrogen) atoms. The fourth-order valence-electron chi connectivity index (χ4n) is 2.39. The molecule has 1 unspecified atom stereocenters. The Balaban J connectivity index is 2.22. The van der Waals surface area contributed by atoms with Crippen molar-refractivity contribution in [3.63, 3.8) is 0 Å². The van der Waals surface area contributed by atoms with Crippen LogP contribution in [0.3, 0.4) is 0 Å². The lowest BCUT2D eigenvalue weighted by Crippen LogP contribution is -2.05. The molecular formula is C14H21N3OS. The molecule has 4 nitrogen and oxygen atoms in total. The van der Waals surface area contributed by atoms with Crippen LogP contribution >= 0.6 is 0 Å². The van der Waals surface area contributed by atoms with Crippen LogP contribution in [0.25, 0.3) is 11.0 Å². The van der Waals surface area contributed by atoms with Crippen LogP contribution in [-0.4, -0.2) is 30.8 Å². The van der Waals surface area contributed by atoms with Crippen molar-refractivity contribution in [2.45, 2.75) is 39.7 Å². The third-order valence-corrected chi connectivity index (χ3v) is 4.16. The molecule has 2 aromatic heterocycles. The lowest BCUT2D eigenvalue weighted by molar-refractivity contribution is 0.617. The van der Waals surface area contributed by atoms with Crippen LogP contribution in [0.2, 0.25) is 0 Å². The van der Waals surface area contributed by atoms with E-state index in [-0.39, 0.29) is 0 Å². The molecule has 0 aliphatic heterocycles. The van der Waals surface area contributed by atoms with Gasteiger partial charge in [-0.15, -0.1) is 0 Å². The first kappa shape index (κ1) is 14.2. The van der Waals surface area contributed by atoms with Gasteiger partial charge in [0.1, 0.15) is 11.3 Å². The molecule has 104 valence electrons. The minimum atomic E-state index is -0.687. The molecule has 0 aliphatic carbocycles. The first-order valence-electron chi connectivity index (χ1n) is 6.73. The predicted octanol–water partition coefficient (Wildman–Crippen LogP) is 2.46. The largest absolute Gasteiger partial charge is 0.328 e. The molecule has 0 bridgehead atoms. The van der Waals surface area contributed by atoms with Crippen LogP contribution in [0.1, 0.15) is 31.2 Å². The van der Waals surface area contributed by atoms with E-state index in [1.165, 1.54) is 11.1 Å². The van der Waals surface area contributed by atoms with Gasteiger partial charge in [0, 0.05) is 42.0 Å². The van der Waals surface area contributed by atoms with Crippen molar-refractivity contribution >= 4 is 21.8 Å². The summed E-state index contributed by atoms with van der Waals surface area (Å²) in [5.41, 5.74) is 3.35. The number of hydrogen-bond acceptors (Lipinski definition) is 3. The maximum absolute atomic E-state index is 11.1. The van der Waals surface area contributed by atoms with E-state index in [0.29, 0.717) is 0 Å². The monoisotopic (exact) mass is 279 g/mol.